The third-order valence-corrected chi connectivity index (χ3v) is 4.38. The lowest BCUT2D eigenvalue weighted by molar-refractivity contribution is -0.149. The van der Waals surface area contributed by atoms with Crippen LogP contribution in [0.2, 0.25) is 0 Å². The maximum atomic E-state index is 12.1. The van der Waals surface area contributed by atoms with Crippen molar-refractivity contribution in [1.82, 2.24) is 10.2 Å². The molecular weight excluding hydrogens is 260 g/mol. The van der Waals surface area contributed by atoms with Crippen LogP contribution in [0.3, 0.4) is 0 Å². The second kappa shape index (κ2) is 6.72. The van der Waals surface area contributed by atoms with Gasteiger partial charge in [-0.3, -0.25) is 14.4 Å². The van der Waals surface area contributed by atoms with Crippen LogP contribution >= 0.6 is 0 Å². The van der Waals surface area contributed by atoms with Gasteiger partial charge < -0.3 is 15.3 Å². The van der Waals surface area contributed by atoms with E-state index >= 15 is 0 Å². The average Bonchev–Trinajstić information content (AvgIpc) is 2.81. The van der Waals surface area contributed by atoms with Gasteiger partial charge in [0.2, 0.25) is 11.8 Å². The van der Waals surface area contributed by atoms with Crippen molar-refractivity contribution in [2.45, 2.75) is 40.0 Å². The van der Waals surface area contributed by atoms with Crippen LogP contribution < -0.4 is 5.32 Å². The molecule has 1 saturated heterocycles. The van der Waals surface area contributed by atoms with Gasteiger partial charge in [0.15, 0.2) is 0 Å². The first-order valence-electron chi connectivity index (χ1n) is 7.19. The topological polar surface area (TPSA) is 86.7 Å². The van der Waals surface area contributed by atoms with Gasteiger partial charge in [0, 0.05) is 26.1 Å². The van der Waals surface area contributed by atoms with Gasteiger partial charge in [0.1, 0.15) is 0 Å². The number of rotatable bonds is 7. The summed E-state index contributed by atoms with van der Waals surface area (Å²) in [7, 11) is 0. The van der Waals surface area contributed by atoms with Gasteiger partial charge in [-0.25, -0.2) is 0 Å². The molecule has 0 aromatic carbocycles. The lowest BCUT2D eigenvalue weighted by Gasteiger charge is -2.27. The van der Waals surface area contributed by atoms with Gasteiger partial charge >= 0.3 is 5.97 Å². The van der Waals surface area contributed by atoms with Crippen molar-refractivity contribution in [2.75, 3.05) is 19.6 Å². The fourth-order valence-corrected chi connectivity index (χ4v) is 2.53. The normalized spacial score (nSPS) is 19.2. The van der Waals surface area contributed by atoms with E-state index < -0.39 is 11.4 Å². The molecule has 1 fully saturated rings. The van der Waals surface area contributed by atoms with Crippen LogP contribution in [0, 0.1) is 11.3 Å². The fraction of sp³-hybridized carbons (Fsp3) is 0.786. The molecule has 1 heterocycles. The number of likely N-dealkylation sites (tertiary alicyclic amines) is 1. The molecule has 1 aliphatic heterocycles. The summed E-state index contributed by atoms with van der Waals surface area (Å²) >= 11 is 0. The molecule has 2 amide bonds. The summed E-state index contributed by atoms with van der Waals surface area (Å²) in [5.41, 5.74) is -0.914. The highest BCUT2D eigenvalue weighted by molar-refractivity contribution is 5.89. The van der Waals surface area contributed by atoms with E-state index in [1.165, 1.54) is 0 Å². The van der Waals surface area contributed by atoms with Crippen LogP contribution in [0.1, 0.15) is 40.0 Å². The molecule has 1 atom stereocenters. The first kappa shape index (κ1) is 16.5. The number of hydrogen-bond donors (Lipinski definition) is 2. The Kier molecular flexibility index (Phi) is 5.53. The number of carbonyl (C=O) groups excluding carboxylic acids is 2. The molecule has 0 aromatic heterocycles. The number of carboxylic acids is 1. The van der Waals surface area contributed by atoms with Gasteiger partial charge in [-0.15, -0.1) is 0 Å². The fourth-order valence-electron chi connectivity index (χ4n) is 2.53. The quantitative estimate of drug-likeness (QED) is 0.726. The van der Waals surface area contributed by atoms with Crippen LogP contribution in [-0.4, -0.2) is 47.4 Å². The number of amides is 2. The van der Waals surface area contributed by atoms with E-state index in [0.29, 0.717) is 25.9 Å². The Balaban J connectivity index is 2.59. The lowest BCUT2D eigenvalue weighted by atomic mass is 9.82. The number of aliphatic carboxylic acids is 1. The summed E-state index contributed by atoms with van der Waals surface area (Å²) < 4.78 is 0. The Morgan fingerprint density at radius 2 is 1.95 bits per heavy atom. The number of nitrogens with zero attached hydrogens (tertiary/aromatic N) is 1. The molecule has 114 valence electrons. The summed E-state index contributed by atoms with van der Waals surface area (Å²) in [5.74, 6) is -1.48. The monoisotopic (exact) mass is 284 g/mol. The van der Waals surface area contributed by atoms with E-state index in [1.54, 1.807) is 4.90 Å². The minimum Gasteiger partial charge on any atom is -0.481 e. The molecule has 2 N–H and O–H groups in total. The zero-order chi connectivity index (χ0) is 15.3. The third kappa shape index (κ3) is 3.29. The first-order valence-corrected chi connectivity index (χ1v) is 7.19. The molecule has 0 aromatic rings. The molecule has 1 unspecified atom stereocenters. The first-order chi connectivity index (χ1) is 9.40. The Bertz CT molecular complexity index is 391. The largest absolute Gasteiger partial charge is 0.481 e. The molecule has 20 heavy (non-hydrogen) atoms. The molecular formula is C14H24N2O4. The third-order valence-electron chi connectivity index (χ3n) is 4.38. The molecule has 6 heteroatoms. The molecule has 0 radical (unpaired) electrons. The van der Waals surface area contributed by atoms with Crippen LogP contribution in [0.4, 0.5) is 0 Å². The van der Waals surface area contributed by atoms with Gasteiger partial charge in [-0.1, -0.05) is 13.8 Å². The van der Waals surface area contributed by atoms with Gasteiger partial charge in [0.05, 0.1) is 11.3 Å². The van der Waals surface area contributed by atoms with E-state index in [2.05, 4.69) is 5.32 Å². The highest BCUT2D eigenvalue weighted by atomic mass is 16.4. The highest BCUT2D eigenvalue weighted by Gasteiger charge is 2.38. The zero-order valence-corrected chi connectivity index (χ0v) is 12.4. The SMILES string of the molecule is CCN1CC(C(=O)NCC(CC)(CC)C(=O)O)CC1=O. The molecule has 6 nitrogen and oxygen atoms in total. The maximum absolute atomic E-state index is 12.1. The Morgan fingerprint density at radius 1 is 1.35 bits per heavy atom. The van der Waals surface area contributed by atoms with Crippen molar-refractivity contribution in [3.05, 3.63) is 0 Å². The number of hydrogen-bond acceptors (Lipinski definition) is 3. The zero-order valence-electron chi connectivity index (χ0n) is 12.4. The Hall–Kier alpha value is -1.59. The summed E-state index contributed by atoms with van der Waals surface area (Å²) in [6.45, 7) is 6.64. The summed E-state index contributed by atoms with van der Waals surface area (Å²) in [5, 5.41) is 12.0. The van der Waals surface area contributed by atoms with E-state index in [4.69, 9.17) is 0 Å². The summed E-state index contributed by atoms with van der Waals surface area (Å²) in [4.78, 5) is 36.7. The highest BCUT2D eigenvalue weighted by Crippen LogP contribution is 2.26. The summed E-state index contributed by atoms with van der Waals surface area (Å²) in [6, 6.07) is 0. The van der Waals surface area contributed by atoms with Gasteiger partial charge in [-0.2, -0.15) is 0 Å². The van der Waals surface area contributed by atoms with Crippen molar-refractivity contribution in [1.29, 1.82) is 0 Å². The molecule has 1 aliphatic rings. The van der Waals surface area contributed by atoms with Crippen molar-refractivity contribution >= 4 is 17.8 Å². The standard InChI is InChI=1S/C14H24N2O4/c1-4-14(5-2,13(19)20)9-15-12(18)10-7-11(17)16(6-3)8-10/h10H,4-9H2,1-3H3,(H,15,18)(H,19,20). The van der Waals surface area contributed by atoms with Crippen molar-refractivity contribution in [3.8, 4) is 0 Å². The Morgan fingerprint density at radius 3 is 2.35 bits per heavy atom. The minimum absolute atomic E-state index is 0.0110. The predicted molar refractivity (Wildman–Crippen MR) is 74.0 cm³/mol. The maximum Gasteiger partial charge on any atom is 0.311 e. The molecule has 0 saturated carbocycles. The van der Waals surface area contributed by atoms with Crippen molar-refractivity contribution < 1.29 is 19.5 Å². The van der Waals surface area contributed by atoms with Crippen LogP contribution in [-0.2, 0) is 14.4 Å². The Labute approximate surface area is 119 Å². The second-order valence-electron chi connectivity index (χ2n) is 5.34. The number of carbonyl (C=O) groups is 3. The van der Waals surface area contributed by atoms with Crippen molar-refractivity contribution in [3.63, 3.8) is 0 Å². The lowest BCUT2D eigenvalue weighted by Crippen LogP contribution is -2.44. The number of carboxylic acid groups (broad SMARTS) is 1. The smallest absolute Gasteiger partial charge is 0.311 e. The molecule has 0 bridgehead atoms. The minimum atomic E-state index is -0.914. The average molecular weight is 284 g/mol. The van der Waals surface area contributed by atoms with E-state index in [1.807, 2.05) is 20.8 Å². The van der Waals surface area contributed by atoms with Crippen LogP contribution in [0.15, 0.2) is 0 Å². The molecule has 0 aliphatic carbocycles. The molecule has 1 rings (SSSR count). The number of nitrogens with one attached hydrogen (secondary N) is 1. The molecule has 0 spiro atoms. The van der Waals surface area contributed by atoms with E-state index in [9.17, 15) is 19.5 Å². The van der Waals surface area contributed by atoms with Crippen LogP contribution in [0.25, 0.3) is 0 Å². The second-order valence-corrected chi connectivity index (χ2v) is 5.34. The van der Waals surface area contributed by atoms with Gasteiger partial charge in [0.25, 0.3) is 0 Å². The van der Waals surface area contributed by atoms with Gasteiger partial charge in [-0.05, 0) is 19.8 Å². The van der Waals surface area contributed by atoms with Crippen molar-refractivity contribution in [2.24, 2.45) is 11.3 Å². The van der Waals surface area contributed by atoms with Crippen LogP contribution in [0.5, 0.6) is 0 Å². The predicted octanol–water partition coefficient (Wildman–Crippen LogP) is 0.862. The van der Waals surface area contributed by atoms with E-state index in [0.717, 1.165) is 0 Å². The summed E-state index contributed by atoms with van der Waals surface area (Å²) in [6.07, 6.45) is 1.14. The van der Waals surface area contributed by atoms with E-state index in [-0.39, 0.29) is 30.7 Å².